The Labute approximate surface area is 200 Å². The number of hydrogen-bond acceptors (Lipinski definition) is 6. The van der Waals surface area contributed by atoms with Gasteiger partial charge in [-0.15, -0.1) is 11.3 Å². The van der Waals surface area contributed by atoms with Crippen LogP contribution < -0.4 is 5.32 Å². The van der Waals surface area contributed by atoms with Crippen LogP contribution >= 0.6 is 22.9 Å². The van der Waals surface area contributed by atoms with E-state index in [0.717, 1.165) is 6.42 Å². The molecule has 2 fully saturated rings. The summed E-state index contributed by atoms with van der Waals surface area (Å²) in [5.41, 5.74) is 1.05. The molecule has 33 heavy (non-hydrogen) atoms. The van der Waals surface area contributed by atoms with Crippen molar-refractivity contribution < 1.29 is 19.2 Å². The van der Waals surface area contributed by atoms with Crippen molar-refractivity contribution in [2.75, 3.05) is 44.6 Å². The van der Waals surface area contributed by atoms with Gasteiger partial charge < -0.3 is 14.7 Å². The fourth-order valence-electron chi connectivity index (χ4n) is 3.82. The first kappa shape index (κ1) is 23.2. The van der Waals surface area contributed by atoms with Gasteiger partial charge in [0.2, 0.25) is 17.7 Å². The maximum atomic E-state index is 12.7. The molecule has 3 heterocycles. The van der Waals surface area contributed by atoms with Crippen LogP contribution in [-0.2, 0) is 20.8 Å². The number of anilines is 1. The highest BCUT2D eigenvalue weighted by atomic mass is 35.5. The number of nitrogens with zero attached hydrogens (tertiary/aromatic N) is 4. The first-order valence-electron chi connectivity index (χ1n) is 10.7. The molecule has 1 aromatic heterocycles. The molecular weight excluding hydrogens is 466 g/mol. The largest absolute Gasteiger partial charge is 0.339 e. The molecule has 2 saturated heterocycles. The standard InChI is InChI=1S/C22H24ClN5O4S/c23-16-5-3-15(4-6-16)21(32)25-22-24-17(14-33-22)12-19(30)26-8-10-27(11-9-26)20(31)13-28-7-1-2-18(28)29/h3-6,14H,1-2,7-13H2,(H,24,25,32). The molecule has 2 aliphatic heterocycles. The molecule has 0 unspecified atom stereocenters. The average molecular weight is 490 g/mol. The third-order valence-corrected chi connectivity index (χ3v) is 6.75. The molecule has 4 rings (SSSR count). The minimum atomic E-state index is -0.296. The zero-order valence-corrected chi connectivity index (χ0v) is 19.5. The summed E-state index contributed by atoms with van der Waals surface area (Å²) < 4.78 is 0. The second-order valence-electron chi connectivity index (χ2n) is 7.96. The third kappa shape index (κ3) is 5.88. The van der Waals surface area contributed by atoms with E-state index in [1.54, 1.807) is 44.3 Å². The number of carbonyl (C=O) groups excluding carboxylic acids is 4. The number of halogens is 1. The predicted molar refractivity (Wildman–Crippen MR) is 124 cm³/mol. The number of carbonyl (C=O) groups is 4. The summed E-state index contributed by atoms with van der Waals surface area (Å²) in [4.78, 5) is 58.5. The molecule has 11 heteroatoms. The van der Waals surface area contributed by atoms with E-state index in [-0.39, 0.29) is 36.6 Å². The van der Waals surface area contributed by atoms with Crippen LogP contribution in [0.3, 0.4) is 0 Å². The van der Waals surface area contributed by atoms with E-state index >= 15 is 0 Å². The van der Waals surface area contributed by atoms with Crippen LogP contribution in [0.5, 0.6) is 0 Å². The Morgan fingerprint density at radius 3 is 2.30 bits per heavy atom. The van der Waals surface area contributed by atoms with Crippen molar-refractivity contribution in [3.63, 3.8) is 0 Å². The van der Waals surface area contributed by atoms with Gasteiger partial charge in [-0.2, -0.15) is 0 Å². The van der Waals surface area contributed by atoms with Crippen LogP contribution in [0.2, 0.25) is 5.02 Å². The Morgan fingerprint density at radius 2 is 1.67 bits per heavy atom. The van der Waals surface area contributed by atoms with Gasteiger partial charge in [-0.25, -0.2) is 4.98 Å². The number of aromatic nitrogens is 1. The Bertz CT molecular complexity index is 1050. The minimum absolute atomic E-state index is 0.0316. The molecule has 0 spiro atoms. The van der Waals surface area contributed by atoms with Crippen molar-refractivity contribution in [1.29, 1.82) is 0 Å². The van der Waals surface area contributed by atoms with E-state index in [2.05, 4.69) is 10.3 Å². The molecule has 0 aliphatic carbocycles. The first-order chi connectivity index (χ1) is 15.9. The smallest absolute Gasteiger partial charge is 0.257 e. The van der Waals surface area contributed by atoms with Crippen LogP contribution in [0.1, 0.15) is 28.9 Å². The maximum Gasteiger partial charge on any atom is 0.257 e. The van der Waals surface area contributed by atoms with Gasteiger partial charge in [-0.3, -0.25) is 24.5 Å². The molecule has 1 aromatic carbocycles. The van der Waals surface area contributed by atoms with Crippen molar-refractivity contribution in [1.82, 2.24) is 19.7 Å². The molecule has 0 saturated carbocycles. The lowest BCUT2D eigenvalue weighted by atomic mass is 10.2. The SMILES string of the molecule is O=C(Nc1nc(CC(=O)N2CCN(C(=O)CN3CCCC3=O)CC2)cs1)c1ccc(Cl)cc1. The van der Waals surface area contributed by atoms with Gasteiger partial charge >= 0.3 is 0 Å². The summed E-state index contributed by atoms with van der Waals surface area (Å²) in [6.45, 7) is 2.55. The van der Waals surface area contributed by atoms with Gasteiger partial charge in [0.25, 0.3) is 5.91 Å². The van der Waals surface area contributed by atoms with Crippen molar-refractivity contribution in [3.05, 3.63) is 45.9 Å². The summed E-state index contributed by atoms with van der Waals surface area (Å²) in [5, 5.41) is 5.45. The Balaban J connectivity index is 1.23. The zero-order valence-electron chi connectivity index (χ0n) is 18.0. The van der Waals surface area contributed by atoms with Crippen LogP contribution in [0, 0.1) is 0 Å². The summed E-state index contributed by atoms with van der Waals surface area (Å²) >= 11 is 7.10. The highest BCUT2D eigenvalue weighted by Gasteiger charge is 2.28. The quantitative estimate of drug-likeness (QED) is 0.667. The number of hydrogen-bond donors (Lipinski definition) is 1. The molecule has 2 aliphatic rings. The fourth-order valence-corrected chi connectivity index (χ4v) is 4.65. The van der Waals surface area contributed by atoms with Crippen LogP contribution in [0.15, 0.2) is 29.6 Å². The lowest BCUT2D eigenvalue weighted by molar-refractivity contribution is -0.142. The second kappa shape index (κ2) is 10.3. The fraction of sp³-hybridized carbons (Fsp3) is 0.409. The Morgan fingerprint density at radius 1 is 1.00 bits per heavy atom. The van der Waals surface area contributed by atoms with Crippen LogP contribution in [0.4, 0.5) is 5.13 Å². The molecule has 0 bridgehead atoms. The summed E-state index contributed by atoms with van der Waals surface area (Å²) in [6, 6.07) is 6.54. The molecule has 0 radical (unpaired) electrons. The van der Waals surface area contributed by atoms with Gasteiger partial charge in [0.05, 0.1) is 18.7 Å². The Hall–Kier alpha value is -2.98. The third-order valence-electron chi connectivity index (χ3n) is 5.69. The van der Waals surface area contributed by atoms with Gasteiger partial charge in [0.1, 0.15) is 0 Å². The first-order valence-corrected chi connectivity index (χ1v) is 12.0. The van der Waals surface area contributed by atoms with Gasteiger partial charge in [-0.05, 0) is 30.7 Å². The van der Waals surface area contributed by atoms with Gasteiger partial charge in [-0.1, -0.05) is 11.6 Å². The second-order valence-corrected chi connectivity index (χ2v) is 9.26. The lowest BCUT2D eigenvalue weighted by Crippen LogP contribution is -2.53. The highest BCUT2D eigenvalue weighted by Crippen LogP contribution is 2.19. The van der Waals surface area contributed by atoms with E-state index in [1.807, 2.05) is 0 Å². The van der Waals surface area contributed by atoms with E-state index in [0.29, 0.717) is 60.6 Å². The summed E-state index contributed by atoms with van der Waals surface area (Å²) in [7, 11) is 0. The molecule has 4 amide bonds. The monoisotopic (exact) mass is 489 g/mol. The zero-order chi connectivity index (χ0) is 23.4. The maximum absolute atomic E-state index is 12.7. The van der Waals surface area contributed by atoms with E-state index in [1.165, 1.54) is 11.3 Å². The molecular formula is C22H24ClN5O4S. The van der Waals surface area contributed by atoms with Crippen molar-refractivity contribution >= 4 is 51.7 Å². The summed E-state index contributed by atoms with van der Waals surface area (Å²) in [6.07, 6.45) is 1.44. The van der Waals surface area contributed by atoms with Crippen molar-refractivity contribution in [3.8, 4) is 0 Å². The molecule has 9 nitrogen and oxygen atoms in total. The van der Waals surface area contributed by atoms with Gasteiger partial charge in [0.15, 0.2) is 5.13 Å². The summed E-state index contributed by atoms with van der Waals surface area (Å²) in [5.74, 6) is -0.407. The number of likely N-dealkylation sites (tertiary alicyclic amines) is 1. The molecule has 0 atom stereocenters. The predicted octanol–water partition coefficient (Wildman–Crippen LogP) is 1.88. The molecule has 2 aromatic rings. The molecule has 174 valence electrons. The normalized spacial score (nSPS) is 16.3. The van der Waals surface area contributed by atoms with E-state index < -0.39 is 0 Å². The van der Waals surface area contributed by atoms with Crippen LogP contribution in [-0.4, -0.2) is 82.6 Å². The number of piperazine rings is 1. The topological polar surface area (TPSA) is 103 Å². The highest BCUT2D eigenvalue weighted by molar-refractivity contribution is 7.14. The number of benzene rings is 1. The number of thiazole rings is 1. The molecule has 1 N–H and O–H groups in total. The number of amides is 4. The van der Waals surface area contributed by atoms with E-state index in [9.17, 15) is 19.2 Å². The average Bonchev–Trinajstić information content (AvgIpc) is 3.42. The van der Waals surface area contributed by atoms with Gasteiger partial charge in [0, 0.05) is 55.1 Å². The van der Waals surface area contributed by atoms with Crippen LogP contribution in [0.25, 0.3) is 0 Å². The van der Waals surface area contributed by atoms with Crippen molar-refractivity contribution in [2.45, 2.75) is 19.3 Å². The minimum Gasteiger partial charge on any atom is -0.339 e. The number of nitrogens with one attached hydrogen (secondary N) is 1. The van der Waals surface area contributed by atoms with Crippen molar-refractivity contribution in [2.24, 2.45) is 0 Å². The Kier molecular flexibility index (Phi) is 7.24. The lowest BCUT2D eigenvalue weighted by Gasteiger charge is -2.35. The number of rotatable bonds is 6. The van der Waals surface area contributed by atoms with E-state index in [4.69, 9.17) is 11.6 Å².